The lowest BCUT2D eigenvalue weighted by molar-refractivity contribution is -0.137. The first-order chi connectivity index (χ1) is 13.4. The van der Waals surface area contributed by atoms with Gasteiger partial charge in [0.1, 0.15) is 0 Å². The third kappa shape index (κ3) is 2.88. The van der Waals surface area contributed by atoms with Crippen LogP contribution in [-0.4, -0.2) is 14.1 Å². The molecule has 28 heavy (non-hydrogen) atoms. The maximum atomic E-state index is 13.2. The minimum atomic E-state index is -4.56. The number of aromatic nitrogens is 3. The van der Waals surface area contributed by atoms with E-state index >= 15 is 0 Å². The third-order valence-corrected chi connectivity index (χ3v) is 4.30. The Hall–Kier alpha value is -3.68. The van der Waals surface area contributed by atoms with Crippen molar-refractivity contribution >= 4 is 10.9 Å². The molecule has 0 aliphatic rings. The first kappa shape index (κ1) is 17.7. The summed E-state index contributed by atoms with van der Waals surface area (Å²) >= 11 is 0. The summed E-state index contributed by atoms with van der Waals surface area (Å²) in [5.74, 6) is 0. The Balaban J connectivity index is 2.13. The highest BCUT2D eigenvalue weighted by molar-refractivity contribution is 5.80. The molecule has 4 aromatic rings. The van der Waals surface area contributed by atoms with Crippen LogP contribution in [0.2, 0.25) is 0 Å². The molecular formula is C20H12F3N3O2. The first-order valence-electron chi connectivity index (χ1n) is 8.23. The van der Waals surface area contributed by atoms with E-state index in [2.05, 4.69) is 4.98 Å². The summed E-state index contributed by atoms with van der Waals surface area (Å²) in [6.07, 6.45) is -1.73. The zero-order valence-electron chi connectivity index (χ0n) is 14.2. The van der Waals surface area contributed by atoms with Gasteiger partial charge < -0.3 is 0 Å². The Morgan fingerprint density at radius 2 is 1.57 bits per heavy atom. The molecule has 0 atom stereocenters. The highest BCUT2D eigenvalue weighted by Gasteiger charge is 2.30. The average molecular weight is 383 g/mol. The predicted octanol–water partition coefficient (Wildman–Crippen LogP) is 3.56. The summed E-state index contributed by atoms with van der Waals surface area (Å²) in [5.41, 5.74) is -1.79. The van der Waals surface area contributed by atoms with E-state index in [4.69, 9.17) is 0 Å². The predicted molar refractivity (Wildman–Crippen MR) is 97.9 cm³/mol. The summed E-state index contributed by atoms with van der Waals surface area (Å²) in [4.78, 5) is 30.0. The fourth-order valence-corrected chi connectivity index (χ4v) is 3.04. The zero-order chi connectivity index (χ0) is 19.9. The van der Waals surface area contributed by atoms with Crippen molar-refractivity contribution in [2.45, 2.75) is 6.18 Å². The molecule has 0 fully saturated rings. The van der Waals surface area contributed by atoms with Crippen LogP contribution in [0.4, 0.5) is 13.2 Å². The van der Waals surface area contributed by atoms with Crippen LogP contribution in [0.15, 0.2) is 82.6 Å². The Kier molecular flexibility index (Phi) is 4.11. The number of rotatable bonds is 2. The number of fused-ring (bicyclic) bond motifs is 1. The van der Waals surface area contributed by atoms with Gasteiger partial charge in [-0.15, -0.1) is 0 Å². The summed E-state index contributed by atoms with van der Waals surface area (Å²) in [5, 5.41) is 0.198. The van der Waals surface area contributed by atoms with E-state index in [1.54, 1.807) is 18.2 Å². The molecule has 0 saturated heterocycles. The van der Waals surface area contributed by atoms with Crippen LogP contribution in [0.3, 0.4) is 0 Å². The van der Waals surface area contributed by atoms with Crippen molar-refractivity contribution in [1.82, 2.24) is 14.1 Å². The molecule has 2 aromatic heterocycles. The van der Waals surface area contributed by atoms with Gasteiger partial charge in [-0.05, 0) is 42.5 Å². The largest absolute Gasteiger partial charge is 0.416 e. The number of benzene rings is 2. The van der Waals surface area contributed by atoms with E-state index in [1.807, 2.05) is 0 Å². The van der Waals surface area contributed by atoms with E-state index in [0.29, 0.717) is 0 Å². The summed E-state index contributed by atoms with van der Waals surface area (Å²) in [6.45, 7) is 0. The van der Waals surface area contributed by atoms with Gasteiger partial charge in [-0.25, -0.2) is 9.36 Å². The molecule has 0 bridgehead atoms. The molecule has 2 aromatic carbocycles. The second-order valence-electron chi connectivity index (χ2n) is 6.04. The van der Waals surface area contributed by atoms with Crippen molar-refractivity contribution in [3.05, 3.63) is 99.5 Å². The lowest BCUT2D eigenvalue weighted by Gasteiger charge is -2.15. The second-order valence-corrected chi connectivity index (χ2v) is 6.04. The maximum Gasteiger partial charge on any atom is 0.416 e. The molecular weight excluding hydrogens is 371 g/mol. The maximum absolute atomic E-state index is 13.2. The standard InChI is InChI=1S/C20H12F3N3O2/c21-20(22,23)13-5-3-6-14(11-13)25-17-9-2-1-8-16(17)18(27)26(19(25)28)15-7-4-10-24-12-15/h1-12H. The molecule has 0 spiro atoms. The summed E-state index contributed by atoms with van der Waals surface area (Å²) in [7, 11) is 0. The van der Waals surface area contributed by atoms with Crippen LogP contribution in [0.5, 0.6) is 0 Å². The van der Waals surface area contributed by atoms with E-state index in [1.165, 1.54) is 42.7 Å². The van der Waals surface area contributed by atoms with Gasteiger partial charge in [-0.3, -0.25) is 14.3 Å². The molecule has 2 heterocycles. The first-order valence-corrected chi connectivity index (χ1v) is 8.23. The van der Waals surface area contributed by atoms with E-state index in [-0.39, 0.29) is 22.3 Å². The topological polar surface area (TPSA) is 56.9 Å². The van der Waals surface area contributed by atoms with Gasteiger partial charge in [0.05, 0.1) is 34.0 Å². The minimum Gasteiger partial charge on any atom is -0.268 e. The number of nitrogens with zero attached hydrogens (tertiary/aromatic N) is 3. The molecule has 0 saturated carbocycles. The Labute approximate surface area is 155 Å². The number of hydrogen-bond donors (Lipinski definition) is 0. The number of halogens is 3. The molecule has 8 heteroatoms. The van der Waals surface area contributed by atoms with E-state index in [9.17, 15) is 22.8 Å². The fourth-order valence-electron chi connectivity index (χ4n) is 3.04. The van der Waals surface area contributed by atoms with Crippen molar-refractivity contribution in [2.24, 2.45) is 0 Å². The number of alkyl halides is 3. The normalized spacial score (nSPS) is 11.7. The summed E-state index contributed by atoms with van der Waals surface area (Å²) < 4.78 is 41.5. The Morgan fingerprint density at radius 3 is 2.29 bits per heavy atom. The van der Waals surface area contributed by atoms with Gasteiger partial charge in [0.15, 0.2) is 0 Å². The smallest absolute Gasteiger partial charge is 0.268 e. The van der Waals surface area contributed by atoms with Crippen LogP contribution in [0, 0.1) is 0 Å². The molecule has 4 rings (SSSR count). The molecule has 0 unspecified atom stereocenters. The lowest BCUT2D eigenvalue weighted by atomic mass is 10.1. The SMILES string of the molecule is O=c1c2ccccc2n(-c2cccc(C(F)(F)F)c2)c(=O)n1-c1cccnc1. The van der Waals surface area contributed by atoms with Crippen LogP contribution in [-0.2, 0) is 6.18 Å². The van der Waals surface area contributed by atoms with Crippen LogP contribution < -0.4 is 11.2 Å². The van der Waals surface area contributed by atoms with E-state index < -0.39 is 23.0 Å². The zero-order valence-corrected chi connectivity index (χ0v) is 14.2. The number of para-hydroxylation sites is 1. The van der Waals surface area contributed by atoms with Crippen molar-refractivity contribution in [3.8, 4) is 11.4 Å². The molecule has 0 amide bonds. The minimum absolute atomic E-state index is 0.00802. The monoisotopic (exact) mass is 383 g/mol. The Morgan fingerprint density at radius 1 is 0.821 bits per heavy atom. The summed E-state index contributed by atoms with van der Waals surface area (Å²) in [6, 6.07) is 13.8. The molecule has 0 radical (unpaired) electrons. The second kappa shape index (κ2) is 6.49. The van der Waals surface area contributed by atoms with Gasteiger partial charge >= 0.3 is 11.9 Å². The molecule has 0 N–H and O–H groups in total. The number of hydrogen-bond acceptors (Lipinski definition) is 3. The van der Waals surface area contributed by atoms with Crippen LogP contribution >= 0.6 is 0 Å². The van der Waals surface area contributed by atoms with Crippen molar-refractivity contribution < 1.29 is 13.2 Å². The van der Waals surface area contributed by atoms with E-state index in [0.717, 1.165) is 21.3 Å². The van der Waals surface area contributed by atoms with Crippen molar-refractivity contribution in [3.63, 3.8) is 0 Å². The van der Waals surface area contributed by atoms with Gasteiger partial charge in [0.25, 0.3) is 5.56 Å². The molecule has 5 nitrogen and oxygen atoms in total. The molecule has 0 aliphatic carbocycles. The van der Waals surface area contributed by atoms with Gasteiger partial charge in [0.2, 0.25) is 0 Å². The van der Waals surface area contributed by atoms with Gasteiger partial charge in [-0.2, -0.15) is 13.2 Å². The van der Waals surface area contributed by atoms with Gasteiger partial charge in [0, 0.05) is 6.20 Å². The molecule has 0 aliphatic heterocycles. The fraction of sp³-hybridized carbons (Fsp3) is 0.0500. The highest BCUT2D eigenvalue weighted by Crippen LogP contribution is 2.30. The average Bonchev–Trinajstić information content (AvgIpc) is 2.69. The van der Waals surface area contributed by atoms with Crippen LogP contribution in [0.1, 0.15) is 5.56 Å². The van der Waals surface area contributed by atoms with Gasteiger partial charge in [-0.1, -0.05) is 18.2 Å². The number of pyridine rings is 1. The quantitative estimate of drug-likeness (QED) is 0.532. The van der Waals surface area contributed by atoms with Crippen LogP contribution in [0.25, 0.3) is 22.3 Å². The molecule has 140 valence electrons. The lowest BCUT2D eigenvalue weighted by Crippen LogP contribution is -2.38. The highest BCUT2D eigenvalue weighted by atomic mass is 19.4. The Bertz CT molecular complexity index is 1290. The third-order valence-electron chi connectivity index (χ3n) is 4.30. The van der Waals surface area contributed by atoms with Crippen molar-refractivity contribution in [1.29, 1.82) is 0 Å². The van der Waals surface area contributed by atoms with Crippen molar-refractivity contribution in [2.75, 3.05) is 0 Å².